The quantitative estimate of drug-likeness (QED) is 0.783. The summed E-state index contributed by atoms with van der Waals surface area (Å²) < 4.78 is 5.35. The summed E-state index contributed by atoms with van der Waals surface area (Å²) in [6, 6.07) is 0.428. The van der Waals surface area contributed by atoms with E-state index in [1.54, 1.807) is 0 Å². The van der Waals surface area contributed by atoms with Gasteiger partial charge in [0, 0.05) is 18.5 Å². The van der Waals surface area contributed by atoms with Gasteiger partial charge in [-0.3, -0.25) is 0 Å². The van der Waals surface area contributed by atoms with E-state index < -0.39 is 0 Å². The van der Waals surface area contributed by atoms with Gasteiger partial charge in [-0.25, -0.2) is 4.79 Å². The highest BCUT2D eigenvalue weighted by Gasteiger charge is 2.32. The zero-order chi connectivity index (χ0) is 12.8. The Labute approximate surface area is 110 Å². The first kappa shape index (κ1) is 13.7. The van der Waals surface area contributed by atoms with Gasteiger partial charge in [-0.2, -0.15) is 0 Å². The lowest BCUT2D eigenvalue weighted by atomic mass is 10.0. The Balaban J connectivity index is 1.89. The van der Waals surface area contributed by atoms with Crippen molar-refractivity contribution in [1.82, 2.24) is 10.2 Å². The van der Waals surface area contributed by atoms with Gasteiger partial charge in [-0.15, -0.1) is 0 Å². The fourth-order valence-corrected chi connectivity index (χ4v) is 3.07. The van der Waals surface area contributed by atoms with Gasteiger partial charge in [-0.05, 0) is 32.9 Å². The number of hydrogen-bond acceptors (Lipinski definition) is 3. The molecule has 104 valence electrons. The van der Waals surface area contributed by atoms with Crippen LogP contribution in [0.2, 0.25) is 0 Å². The predicted octanol–water partition coefficient (Wildman–Crippen LogP) is 2.39. The molecule has 2 rings (SSSR count). The second kappa shape index (κ2) is 6.98. The van der Waals surface area contributed by atoms with Crippen molar-refractivity contribution in [2.45, 2.75) is 51.0 Å². The van der Waals surface area contributed by atoms with Crippen molar-refractivity contribution >= 4 is 6.09 Å². The van der Waals surface area contributed by atoms with E-state index in [4.69, 9.17) is 4.74 Å². The van der Waals surface area contributed by atoms with Gasteiger partial charge >= 0.3 is 6.09 Å². The molecule has 2 aliphatic rings. The van der Waals surface area contributed by atoms with Crippen LogP contribution in [0.15, 0.2) is 0 Å². The molecule has 1 atom stereocenters. The van der Waals surface area contributed by atoms with E-state index in [1.165, 1.54) is 25.7 Å². The van der Waals surface area contributed by atoms with Gasteiger partial charge in [0.25, 0.3) is 0 Å². The van der Waals surface area contributed by atoms with Gasteiger partial charge in [-0.1, -0.05) is 25.7 Å². The number of nitrogens with zero attached hydrogens (tertiary/aromatic N) is 1. The maximum absolute atomic E-state index is 11.9. The van der Waals surface area contributed by atoms with E-state index in [9.17, 15) is 4.79 Å². The van der Waals surface area contributed by atoms with Gasteiger partial charge in [0.05, 0.1) is 6.61 Å². The van der Waals surface area contributed by atoms with Crippen LogP contribution >= 0.6 is 0 Å². The van der Waals surface area contributed by atoms with E-state index in [-0.39, 0.29) is 6.09 Å². The summed E-state index contributed by atoms with van der Waals surface area (Å²) >= 11 is 0. The van der Waals surface area contributed by atoms with Crippen LogP contribution in [-0.2, 0) is 4.74 Å². The molecule has 0 radical (unpaired) electrons. The first-order valence-corrected chi connectivity index (χ1v) is 7.39. The van der Waals surface area contributed by atoms with E-state index in [1.807, 2.05) is 11.9 Å². The molecular formula is C14H26N2O2. The van der Waals surface area contributed by atoms with Crippen LogP contribution < -0.4 is 5.32 Å². The maximum atomic E-state index is 11.9. The SMILES string of the molecule is CNCCC1COC(=O)N(C2CCCCCC2)C1. The van der Waals surface area contributed by atoms with Crippen molar-refractivity contribution < 1.29 is 9.53 Å². The smallest absolute Gasteiger partial charge is 0.410 e. The summed E-state index contributed by atoms with van der Waals surface area (Å²) in [5.41, 5.74) is 0. The fraction of sp³-hybridized carbons (Fsp3) is 0.929. The number of hydrogen-bond donors (Lipinski definition) is 1. The average Bonchev–Trinajstić information content (AvgIpc) is 2.66. The molecule has 18 heavy (non-hydrogen) atoms. The van der Waals surface area contributed by atoms with Crippen LogP contribution in [0.3, 0.4) is 0 Å². The molecule has 1 heterocycles. The monoisotopic (exact) mass is 254 g/mol. The zero-order valence-corrected chi connectivity index (χ0v) is 11.5. The molecule has 4 heteroatoms. The molecule has 0 aromatic rings. The van der Waals surface area contributed by atoms with Crippen molar-refractivity contribution in [2.24, 2.45) is 5.92 Å². The molecule has 0 spiro atoms. The Morgan fingerprint density at radius 3 is 2.67 bits per heavy atom. The molecule has 4 nitrogen and oxygen atoms in total. The Bertz CT molecular complexity index is 263. The molecule has 0 bridgehead atoms. The maximum Gasteiger partial charge on any atom is 0.410 e. The minimum Gasteiger partial charge on any atom is -0.449 e. The third-order valence-corrected chi connectivity index (χ3v) is 4.20. The average molecular weight is 254 g/mol. The predicted molar refractivity (Wildman–Crippen MR) is 71.6 cm³/mol. The Hall–Kier alpha value is -0.770. The summed E-state index contributed by atoms with van der Waals surface area (Å²) in [4.78, 5) is 13.9. The second-order valence-corrected chi connectivity index (χ2v) is 5.63. The van der Waals surface area contributed by atoms with E-state index in [2.05, 4.69) is 5.32 Å². The normalized spacial score (nSPS) is 26.8. The van der Waals surface area contributed by atoms with E-state index in [0.717, 1.165) is 32.4 Å². The molecule has 2 fully saturated rings. The fourth-order valence-electron chi connectivity index (χ4n) is 3.07. The molecule has 0 aromatic heterocycles. The van der Waals surface area contributed by atoms with Crippen molar-refractivity contribution in [3.05, 3.63) is 0 Å². The lowest BCUT2D eigenvalue weighted by Gasteiger charge is -2.37. The van der Waals surface area contributed by atoms with Crippen molar-refractivity contribution in [1.29, 1.82) is 0 Å². The van der Waals surface area contributed by atoms with Crippen LogP contribution in [0.1, 0.15) is 44.9 Å². The topological polar surface area (TPSA) is 41.6 Å². The number of cyclic esters (lactones) is 1. The zero-order valence-electron chi connectivity index (χ0n) is 11.5. The Morgan fingerprint density at radius 2 is 2.00 bits per heavy atom. The van der Waals surface area contributed by atoms with Crippen molar-refractivity contribution in [3.8, 4) is 0 Å². The summed E-state index contributed by atoms with van der Waals surface area (Å²) in [6.45, 7) is 2.50. The number of ether oxygens (including phenoxy) is 1. The molecule has 1 aliphatic carbocycles. The van der Waals surface area contributed by atoms with Crippen LogP contribution in [0.25, 0.3) is 0 Å². The highest BCUT2D eigenvalue weighted by molar-refractivity contribution is 5.68. The molecule has 1 aliphatic heterocycles. The lowest BCUT2D eigenvalue weighted by Crippen LogP contribution is -2.48. The Morgan fingerprint density at radius 1 is 1.28 bits per heavy atom. The summed E-state index contributed by atoms with van der Waals surface area (Å²) in [7, 11) is 1.97. The lowest BCUT2D eigenvalue weighted by molar-refractivity contribution is 0.0214. The number of rotatable bonds is 4. The largest absolute Gasteiger partial charge is 0.449 e. The van der Waals surface area contributed by atoms with Gasteiger partial charge in [0.1, 0.15) is 0 Å². The minimum absolute atomic E-state index is 0.0809. The van der Waals surface area contributed by atoms with Crippen molar-refractivity contribution in [3.63, 3.8) is 0 Å². The first-order valence-electron chi connectivity index (χ1n) is 7.39. The summed E-state index contributed by atoms with van der Waals surface area (Å²) in [5.74, 6) is 0.499. The van der Waals surface area contributed by atoms with E-state index in [0.29, 0.717) is 18.6 Å². The van der Waals surface area contributed by atoms with E-state index >= 15 is 0 Å². The van der Waals surface area contributed by atoms with Crippen molar-refractivity contribution in [2.75, 3.05) is 26.7 Å². The molecule has 1 saturated carbocycles. The third-order valence-electron chi connectivity index (χ3n) is 4.20. The van der Waals surface area contributed by atoms with Gasteiger partial charge in [0.15, 0.2) is 0 Å². The highest BCUT2D eigenvalue weighted by atomic mass is 16.6. The molecule has 1 amide bonds. The summed E-state index contributed by atoms with van der Waals surface area (Å²) in [6.07, 6.45) is 8.49. The standard InChI is InChI=1S/C14H26N2O2/c1-15-9-8-12-10-16(14(17)18-11-12)13-6-4-2-3-5-7-13/h12-13,15H,2-11H2,1H3. The molecule has 1 saturated heterocycles. The molecule has 1 N–H and O–H groups in total. The number of amides is 1. The number of carbonyl (C=O) groups excluding carboxylic acids is 1. The summed E-state index contributed by atoms with van der Waals surface area (Å²) in [5, 5.41) is 3.17. The van der Waals surface area contributed by atoms with Crippen LogP contribution in [0.5, 0.6) is 0 Å². The van der Waals surface area contributed by atoms with Gasteiger partial charge in [0.2, 0.25) is 0 Å². The van der Waals surface area contributed by atoms with Crippen LogP contribution in [0, 0.1) is 5.92 Å². The minimum atomic E-state index is -0.0809. The third kappa shape index (κ3) is 3.61. The van der Waals surface area contributed by atoms with Crippen LogP contribution in [-0.4, -0.2) is 43.8 Å². The first-order chi connectivity index (χ1) is 8.81. The molecular weight excluding hydrogens is 228 g/mol. The Kier molecular flexibility index (Phi) is 5.29. The van der Waals surface area contributed by atoms with Gasteiger partial charge < -0.3 is 15.0 Å². The number of nitrogens with one attached hydrogen (secondary N) is 1. The molecule has 0 aromatic carbocycles. The molecule has 1 unspecified atom stereocenters. The highest BCUT2D eigenvalue weighted by Crippen LogP contribution is 2.26. The second-order valence-electron chi connectivity index (χ2n) is 5.63. The number of carbonyl (C=O) groups is 1. The van der Waals surface area contributed by atoms with Crippen LogP contribution in [0.4, 0.5) is 4.79 Å².